The Labute approximate surface area is 125 Å². The molecule has 1 saturated heterocycles. The van der Waals surface area contributed by atoms with Crippen LogP contribution in [0.2, 0.25) is 0 Å². The van der Waals surface area contributed by atoms with Crippen LogP contribution in [0.25, 0.3) is 0 Å². The molecule has 1 atom stereocenters. The van der Waals surface area contributed by atoms with Gasteiger partial charge < -0.3 is 9.84 Å². The molecule has 0 aliphatic carbocycles. The maximum atomic E-state index is 12.7. The molecule has 0 radical (unpaired) electrons. The molecule has 0 aromatic carbocycles. The van der Waals surface area contributed by atoms with Crippen molar-refractivity contribution >= 4 is 10.0 Å². The highest BCUT2D eigenvalue weighted by Crippen LogP contribution is 2.25. The molecular formula is C13H23N3O4S. The number of aryl methyl sites for hydroxylation is 1. The predicted molar refractivity (Wildman–Crippen MR) is 77.6 cm³/mol. The summed E-state index contributed by atoms with van der Waals surface area (Å²) in [5, 5.41) is 13.2. The SMILES string of the molecule is Cc1nn(CCO)c(C)c1S(=O)(=O)NC1(C)CCCOC1. The Morgan fingerprint density at radius 1 is 1.48 bits per heavy atom. The van der Waals surface area contributed by atoms with E-state index >= 15 is 0 Å². The summed E-state index contributed by atoms with van der Waals surface area (Å²) in [6, 6.07) is 0. The fraction of sp³-hybridized carbons (Fsp3) is 0.769. The van der Waals surface area contributed by atoms with Crippen LogP contribution in [0.3, 0.4) is 0 Å². The summed E-state index contributed by atoms with van der Waals surface area (Å²) in [6.45, 7) is 6.45. The Morgan fingerprint density at radius 2 is 2.19 bits per heavy atom. The molecule has 0 spiro atoms. The molecule has 1 aromatic heterocycles. The molecule has 1 aliphatic rings. The van der Waals surface area contributed by atoms with Gasteiger partial charge in [-0.05, 0) is 33.6 Å². The highest BCUT2D eigenvalue weighted by atomic mass is 32.2. The lowest BCUT2D eigenvalue weighted by Gasteiger charge is -2.33. The number of hydrogen-bond donors (Lipinski definition) is 2. The van der Waals surface area contributed by atoms with E-state index in [2.05, 4.69) is 9.82 Å². The van der Waals surface area contributed by atoms with Crippen LogP contribution < -0.4 is 4.72 Å². The molecule has 8 heteroatoms. The van der Waals surface area contributed by atoms with Crippen molar-refractivity contribution < 1.29 is 18.3 Å². The molecule has 2 N–H and O–H groups in total. The van der Waals surface area contributed by atoms with Crippen LogP contribution in [0.4, 0.5) is 0 Å². The van der Waals surface area contributed by atoms with Gasteiger partial charge in [0.05, 0.1) is 36.7 Å². The van der Waals surface area contributed by atoms with Gasteiger partial charge in [0.1, 0.15) is 4.90 Å². The van der Waals surface area contributed by atoms with E-state index in [9.17, 15) is 8.42 Å². The number of nitrogens with zero attached hydrogens (tertiary/aromatic N) is 2. The predicted octanol–water partition coefficient (Wildman–Crippen LogP) is 0.340. The molecule has 7 nitrogen and oxygen atoms in total. The molecule has 1 aromatic rings. The third kappa shape index (κ3) is 3.45. The first-order chi connectivity index (χ1) is 9.79. The highest BCUT2D eigenvalue weighted by Gasteiger charge is 2.35. The van der Waals surface area contributed by atoms with Gasteiger partial charge in [0.2, 0.25) is 10.0 Å². The quantitative estimate of drug-likeness (QED) is 0.817. The Bertz CT molecular complexity index is 603. The molecular weight excluding hydrogens is 294 g/mol. The zero-order valence-corrected chi connectivity index (χ0v) is 13.5. The Hall–Kier alpha value is -0.960. The van der Waals surface area contributed by atoms with E-state index in [0.717, 1.165) is 12.8 Å². The van der Waals surface area contributed by atoms with Crippen molar-refractivity contribution in [2.75, 3.05) is 19.8 Å². The van der Waals surface area contributed by atoms with Gasteiger partial charge in [-0.15, -0.1) is 0 Å². The van der Waals surface area contributed by atoms with Crippen LogP contribution >= 0.6 is 0 Å². The topological polar surface area (TPSA) is 93.5 Å². The van der Waals surface area contributed by atoms with E-state index in [1.54, 1.807) is 13.8 Å². The first-order valence-electron chi connectivity index (χ1n) is 7.06. The van der Waals surface area contributed by atoms with Crippen molar-refractivity contribution in [3.63, 3.8) is 0 Å². The third-order valence-corrected chi connectivity index (χ3v) is 5.60. The van der Waals surface area contributed by atoms with Gasteiger partial charge in [-0.1, -0.05) is 0 Å². The minimum absolute atomic E-state index is 0.0829. The lowest BCUT2D eigenvalue weighted by Crippen LogP contribution is -2.51. The monoisotopic (exact) mass is 317 g/mol. The fourth-order valence-corrected chi connectivity index (χ4v) is 4.61. The van der Waals surface area contributed by atoms with E-state index in [1.165, 1.54) is 4.68 Å². The van der Waals surface area contributed by atoms with Crippen molar-refractivity contribution in [1.29, 1.82) is 0 Å². The molecule has 1 fully saturated rings. The zero-order chi connectivity index (χ0) is 15.7. The number of rotatable bonds is 5. The minimum Gasteiger partial charge on any atom is -0.394 e. The number of nitrogens with one attached hydrogen (secondary N) is 1. The number of aliphatic hydroxyl groups excluding tert-OH is 1. The highest BCUT2D eigenvalue weighted by molar-refractivity contribution is 7.89. The Balaban J connectivity index is 2.31. The summed E-state index contributed by atoms with van der Waals surface area (Å²) in [5.41, 5.74) is 0.387. The number of sulfonamides is 1. The molecule has 0 amide bonds. The molecule has 1 aliphatic heterocycles. The average molecular weight is 317 g/mol. The average Bonchev–Trinajstić information content (AvgIpc) is 2.65. The lowest BCUT2D eigenvalue weighted by atomic mass is 9.97. The van der Waals surface area contributed by atoms with Gasteiger partial charge in [-0.25, -0.2) is 13.1 Å². The zero-order valence-electron chi connectivity index (χ0n) is 12.7. The maximum absolute atomic E-state index is 12.7. The standard InChI is InChI=1S/C13H23N3O4S/c1-10-12(11(2)16(14-10)6-7-17)21(18,19)15-13(3)5-4-8-20-9-13/h15,17H,4-9H2,1-3H3. The molecule has 120 valence electrons. The normalized spacial score (nSPS) is 23.4. The summed E-state index contributed by atoms with van der Waals surface area (Å²) >= 11 is 0. The van der Waals surface area contributed by atoms with Gasteiger partial charge in [-0.3, -0.25) is 4.68 Å². The van der Waals surface area contributed by atoms with E-state index < -0.39 is 15.6 Å². The van der Waals surface area contributed by atoms with Crippen molar-refractivity contribution in [3.05, 3.63) is 11.4 Å². The van der Waals surface area contributed by atoms with Gasteiger partial charge in [0, 0.05) is 6.61 Å². The largest absolute Gasteiger partial charge is 0.394 e. The van der Waals surface area contributed by atoms with E-state index in [0.29, 0.717) is 24.6 Å². The minimum atomic E-state index is -3.67. The van der Waals surface area contributed by atoms with Crippen molar-refractivity contribution in [2.45, 2.75) is 50.6 Å². The number of ether oxygens (including phenoxy) is 1. The van der Waals surface area contributed by atoms with E-state index in [1.807, 2.05) is 6.92 Å². The summed E-state index contributed by atoms with van der Waals surface area (Å²) in [4.78, 5) is 0.197. The number of aromatic nitrogens is 2. The van der Waals surface area contributed by atoms with E-state index in [-0.39, 0.29) is 18.0 Å². The van der Waals surface area contributed by atoms with Crippen molar-refractivity contribution in [2.24, 2.45) is 0 Å². The third-order valence-electron chi connectivity index (χ3n) is 3.71. The van der Waals surface area contributed by atoms with Gasteiger partial charge in [0.25, 0.3) is 0 Å². The second-order valence-electron chi connectivity index (χ2n) is 5.77. The fourth-order valence-electron chi connectivity index (χ4n) is 2.77. The second kappa shape index (κ2) is 6.04. The van der Waals surface area contributed by atoms with E-state index in [4.69, 9.17) is 9.84 Å². The van der Waals surface area contributed by atoms with Crippen molar-refractivity contribution in [3.8, 4) is 0 Å². The van der Waals surface area contributed by atoms with Crippen molar-refractivity contribution in [1.82, 2.24) is 14.5 Å². The summed E-state index contributed by atoms with van der Waals surface area (Å²) in [7, 11) is -3.67. The molecule has 0 bridgehead atoms. The lowest BCUT2D eigenvalue weighted by molar-refractivity contribution is 0.0386. The summed E-state index contributed by atoms with van der Waals surface area (Å²) in [5.74, 6) is 0. The first kappa shape index (κ1) is 16.4. The van der Waals surface area contributed by atoms with Gasteiger partial charge >= 0.3 is 0 Å². The van der Waals surface area contributed by atoms with Crippen LogP contribution in [0.1, 0.15) is 31.2 Å². The molecule has 2 heterocycles. The molecule has 1 unspecified atom stereocenters. The molecule has 2 rings (SSSR count). The van der Waals surface area contributed by atoms with Gasteiger partial charge in [-0.2, -0.15) is 5.10 Å². The Kier molecular flexibility index (Phi) is 4.72. The van der Waals surface area contributed by atoms with Crippen LogP contribution in [-0.2, 0) is 21.3 Å². The molecule has 0 saturated carbocycles. The van der Waals surface area contributed by atoms with Gasteiger partial charge in [0.15, 0.2) is 0 Å². The van der Waals surface area contributed by atoms with Crippen LogP contribution in [0.15, 0.2) is 4.90 Å². The summed E-state index contributed by atoms with van der Waals surface area (Å²) < 4.78 is 35.0. The Morgan fingerprint density at radius 3 is 2.76 bits per heavy atom. The number of hydrogen-bond acceptors (Lipinski definition) is 5. The molecule has 21 heavy (non-hydrogen) atoms. The first-order valence-corrected chi connectivity index (χ1v) is 8.54. The number of aliphatic hydroxyl groups is 1. The summed E-state index contributed by atoms with van der Waals surface area (Å²) in [6.07, 6.45) is 1.58. The van der Waals surface area contributed by atoms with Crippen LogP contribution in [-0.4, -0.2) is 48.7 Å². The van der Waals surface area contributed by atoms with Crippen LogP contribution in [0.5, 0.6) is 0 Å². The van der Waals surface area contributed by atoms with Crippen LogP contribution in [0, 0.1) is 13.8 Å². The second-order valence-corrected chi connectivity index (χ2v) is 7.39. The maximum Gasteiger partial charge on any atom is 0.244 e. The smallest absolute Gasteiger partial charge is 0.244 e.